The Hall–Kier alpha value is -0.870. The number of esters is 1. The summed E-state index contributed by atoms with van der Waals surface area (Å²) in [6.07, 6.45) is 2.93. The van der Waals surface area contributed by atoms with Crippen LogP contribution in [-0.2, 0) is 9.53 Å². The second-order valence-corrected chi connectivity index (χ2v) is 3.48. The van der Waals surface area contributed by atoms with Gasteiger partial charge in [-0.1, -0.05) is 27.4 Å². The molecule has 0 aromatic rings. The molecule has 0 fully saturated rings. The van der Waals surface area contributed by atoms with Crippen LogP contribution in [0.25, 0.3) is 0 Å². The van der Waals surface area contributed by atoms with Crippen LogP contribution in [0.4, 0.5) is 0 Å². The highest BCUT2D eigenvalue weighted by molar-refractivity contribution is 5.81. The van der Waals surface area contributed by atoms with Gasteiger partial charge in [0.25, 0.3) is 0 Å². The Balaban J connectivity index is 0. The summed E-state index contributed by atoms with van der Waals surface area (Å²) in [6, 6.07) is 0. The van der Waals surface area contributed by atoms with E-state index in [1.165, 1.54) is 0 Å². The van der Waals surface area contributed by atoms with E-state index in [2.05, 4.69) is 30.1 Å². The highest BCUT2D eigenvalue weighted by atomic mass is 16.5. The molecule has 0 bridgehead atoms. The molecule has 4 nitrogen and oxygen atoms in total. The number of aliphatic hydroxyl groups excluding tert-OH is 1. The smallest absolute Gasteiger partial charge is 0.330 e. The summed E-state index contributed by atoms with van der Waals surface area (Å²) in [4.78, 5) is 12.5. The molecule has 1 N–H and O–H groups in total. The fourth-order valence-electron chi connectivity index (χ4n) is 1.10. The van der Waals surface area contributed by atoms with E-state index in [0.29, 0.717) is 13.2 Å². The molecular weight excluding hydrogens is 218 g/mol. The minimum Gasteiger partial charge on any atom is -0.463 e. The summed E-state index contributed by atoms with van der Waals surface area (Å²) in [5.41, 5.74) is 0. The van der Waals surface area contributed by atoms with Crippen molar-refractivity contribution >= 4 is 5.97 Å². The monoisotopic (exact) mass is 245 g/mol. The number of hydrogen-bond acceptors (Lipinski definition) is 4. The van der Waals surface area contributed by atoms with Crippen LogP contribution in [0.1, 0.15) is 33.6 Å². The maximum Gasteiger partial charge on any atom is 0.330 e. The predicted molar refractivity (Wildman–Crippen MR) is 70.9 cm³/mol. The van der Waals surface area contributed by atoms with Crippen molar-refractivity contribution in [2.75, 3.05) is 32.8 Å². The van der Waals surface area contributed by atoms with E-state index in [-0.39, 0.29) is 5.97 Å². The van der Waals surface area contributed by atoms with Crippen LogP contribution in [0, 0.1) is 0 Å². The Kier molecular flexibility index (Phi) is 16.5. The molecule has 0 saturated carbocycles. The Bertz CT molecular complexity index is 180. The van der Waals surface area contributed by atoms with Gasteiger partial charge in [0.15, 0.2) is 0 Å². The second kappa shape index (κ2) is 15.1. The fourth-order valence-corrected chi connectivity index (χ4v) is 1.10. The lowest BCUT2D eigenvalue weighted by molar-refractivity contribution is -0.137. The maximum atomic E-state index is 10.2. The van der Waals surface area contributed by atoms with Crippen LogP contribution in [-0.4, -0.2) is 48.8 Å². The Morgan fingerprint density at radius 2 is 1.94 bits per heavy atom. The molecule has 0 radical (unpaired) electrons. The lowest BCUT2D eigenvalue weighted by Crippen LogP contribution is -2.24. The number of carbonyl (C=O) groups excluding carboxylic acids is 1. The SMILES string of the molecule is C=CC(=O)OCCC.CCN(CC)CCCO. The molecule has 0 saturated heterocycles. The first kappa shape index (κ1) is 18.5. The van der Waals surface area contributed by atoms with Gasteiger partial charge in [0, 0.05) is 19.2 Å². The molecule has 0 aliphatic rings. The molecule has 0 aliphatic heterocycles. The van der Waals surface area contributed by atoms with Crippen molar-refractivity contribution in [3.63, 3.8) is 0 Å². The van der Waals surface area contributed by atoms with Crippen LogP contribution in [0.15, 0.2) is 12.7 Å². The molecule has 0 unspecified atom stereocenters. The second-order valence-electron chi connectivity index (χ2n) is 3.48. The van der Waals surface area contributed by atoms with Crippen molar-refractivity contribution in [1.82, 2.24) is 4.90 Å². The normalized spacial score (nSPS) is 9.47. The van der Waals surface area contributed by atoms with Gasteiger partial charge in [-0.2, -0.15) is 0 Å². The zero-order valence-electron chi connectivity index (χ0n) is 11.4. The van der Waals surface area contributed by atoms with Crippen molar-refractivity contribution in [3.05, 3.63) is 12.7 Å². The van der Waals surface area contributed by atoms with Crippen LogP contribution in [0.2, 0.25) is 0 Å². The molecule has 17 heavy (non-hydrogen) atoms. The molecule has 4 heteroatoms. The molecule has 0 heterocycles. The third-order valence-electron chi connectivity index (χ3n) is 2.14. The van der Waals surface area contributed by atoms with E-state index < -0.39 is 0 Å². The Labute approximate surface area is 105 Å². The first-order valence-electron chi connectivity index (χ1n) is 6.28. The average Bonchev–Trinajstić information content (AvgIpc) is 2.38. The van der Waals surface area contributed by atoms with Gasteiger partial charge < -0.3 is 14.7 Å². The number of rotatable bonds is 8. The van der Waals surface area contributed by atoms with Gasteiger partial charge >= 0.3 is 5.97 Å². The van der Waals surface area contributed by atoms with E-state index in [4.69, 9.17) is 5.11 Å². The van der Waals surface area contributed by atoms with Gasteiger partial charge in [0.2, 0.25) is 0 Å². The number of hydrogen-bond donors (Lipinski definition) is 1. The lowest BCUT2D eigenvalue weighted by Gasteiger charge is -2.16. The van der Waals surface area contributed by atoms with Crippen molar-refractivity contribution in [1.29, 1.82) is 0 Å². The third-order valence-corrected chi connectivity index (χ3v) is 2.14. The van der Waals surface area contributed by atoms with Gasteiger partial charge in [-0.05, 0) is 25.9 Å². The number of nitrogens with zero attached hydrogens (tertiary/aromatic N) is 1. The van der Waals surface area contributed by atoms with E-state index in [0.717, 1.165) is 38.6 Å². The first-order valence-corrected chi connectivity index (χ1v) is 6.28. The number of carbonyl (C=O) groups is 1. The minimum absolute atomic E-state index is 0.316. The molecule has 102 valence electrons. The Morgan fingerprint density at radius 1 is 1.35 bits per heavy atom. The van der Waals surface area contributed by atoms with Crippen molar-refractivity contribution in [2.45, 2.75) is 33.6 Å². The molecule has 0 aromatic heterocycles. The van der Waals surface area contributed by atoms with E-state index in [1.807, 2.05) is 6.92 Å². The molecular formula is C13H27NO3. The fraction of sp³-hybridized carbons (Fsp3) is 0.769. The van der Waals surface area contributed by atoms with Gasteiger partial charge in [-0.25, -0.2) is 4.79 Å². The van der Waals surface area contributed by atoms with Crippen LogP contribution in [0.5, 0.6) is 0 Å². The summed E-state index contributed by atoms with van der Waals surface area (Å²) in [5.74, 6) is -0.341. The summed E-state index contributed by atoms with van der Waals surface area (Å²) < 4.78 is 4.58. The van der Waals surface area contributed by atoms with E-state index in [9.17, 15) is 4.79 Å². The van der Waals surface area contributed by atoms with Crippen LogP contribution < -0.4 is 0 Å². The largest absolute Gasteiger partial charge is 0.463 e. The predicted octanol–water partition coefficient (Wildman–Crippen LogP) is 1.84. The van der Waals surface area contributed by atoms with Crippen molar-refractivity contribution in [3.8, 4) is 0 Å². The number of aliphatic hydroxyl groups is 1. The lowest BCUT2D eigenvalue weighted by atomic mass is 10.4. The average molecular weight is 245 g/mol. The molecule has 0 atom stereocenters. The molecule has 0 rings (SSSR count). The van der Waals surface area contributed by atoms with Crippen LogP contribution >= 0.6 is 0 Å². The molecule has 0 amide bonds. The van der Waals surface area contributed by atoms with Gasteiger partial charge in [0.05, 0.1) is 6.61 Å². The Morgan fingerprint density at radius 3 is 2.29 bits per heavy atom. The van der Waals surface area contributed by atoms with Gasteiger partial charge in [0.1, 0.15) is 0 Å². The summed E-state index contributed by atoms with van der Waals surface area (Å²) >= 11 is 0. The highest BCUT2D eigenvalue weighted by Gasteiger charge is 1.95. The zero-order valence-corrected chi connectivity index (χ0v) is 11.4. The first-order chi connectivity index (χ1) is 8.15. The summed E-state index contributed by atoms with van der Waals surface area (Å²) in [6.45, 7) is 13.5. The van der Waals surface area contributed by atoms with Gasteiger partial charge in [-0.3, -0.25) is 0 Å². The van der Waals surface area contributed by atoms with Crippen molar-refractivity contribution < 1.29 is 14.6 Å². The maximum absolute atomic E-state index is 10.2. The standard InChI is InChI=1S/C7H17NO.C6H10O2/c1-3-8(4-2)6-5-7-9;1-3-5-8-6(7)4-2/h9H,3-7H2,1-2H3;4H,2-3,5H2,1H3. The molecule has 0 spiro atoms. The summed E-state index contributed by atoms with van der Waals surface area (Å²) in [5, 5.41) is 8.48. The van der Waals surface area contributed by atoms with Crippen molar-refractivity contribution in [2.24, 2.45) is 0 Å². The molecule has 0 aromatic carbocycles. The summed E-state index contributed by atoms with van der Waals surface area (Å²) in [7, 11) is 0. The van der Waals surface area contributed by atoms with E-state index >= 15 is 0 Å². The molecule has 0 aliphatic carbocycles. The zero-order chi connectivity index (χ0) is 13.5. The van der Waals surface area contributed by atoms with Gasteiger partial charge in [-0.15, -0.1) is 0 Å². The minimum atomic E-state index is -0.341. The number of ether oxygens (including phenoxy) is 1. The topological polar surface area (TPSA) is 49.8 Å². The highest BCUT2D eigenvalue weighted by Crippen LogP contribution is 1.88. The van der Waals surface area contributed by atoms with E-state index in [1.54, 1.807) is 0 Å². The van der Waals surface area contributed by atoms with Crippen LogP contribution in [0.3, 0.4) is 0 Å². The third kappa shape index (κ3) is 15.1. The quantitative estimate of drug-likeness (QED) is 0.523.